The molecule has 7 nitrogen and oxygen atoms in total. The van der Waals surface area contributed by atoms with Crippen LogP contribution in [-0.2, 0) is 32.7 Å². The molecule has 0 aliphatic carbocycles. The summed E-state index contributed by atoms with van der Waals surface area (Å²) in [6.07, 6.45) is 11.4. The van der Waals surface area contributed by atoms with Crippen LogP contribution >= 0.6 is 7.60 Å². The first-order valence-corrected chi connectivity index (χ1v) is 16.2. The second-order valence-corrected chi connectivity index (χ2v) is 12.5. The number of carbonyl (C=O) groups excluding carboxylic acids is 2. The minimum atomic E-state index is -3.42. The maximum absolute atomic E-state index is 13.9. The zero-order chi connectivity index (χ0) is 29.8. The van der Waals surface area contributed by atoms with Crippen LogP contribution in [0.3, 0.4) is 0 Å². The molecular weight excluding hydrogens is 527 g/mol. The molecule has 1 aromatic rings. The van der Waals surface area contributed by atoms with Gasteiger partial charge in [0.15, 0.2) is 0 Å². The molecule has 0 unspecified atom stereocenters. The Morgan fingerprint density at radius 3 is 1.43 bits per heavy atom. The van der Waals surface area contributed by atoms with E-state index >= 15 is 0 Å². The van der Waals surface area contributed by atoms with Crippen LogP contribution in [0.15, 0.2) is 42.5 Å². The Balaban J connectivity index is 2.34. The first-order valence-electron chi connectivity index (χ1n) is 14.7. The van der Waals surface area contributed by atoms with Crippen molar-refractivity contribution in [1.29, 1.82) is 0 Å². The Kier molecular flexibility index (Phi) is 18.5. The van der Waals surface area contributed by atoms with Crippen molar-refractivity contribution >= 4 is 24.8 Å². The Morgan fingerprint density at radius 2 is 1.02 bits per heavy atom. The van der Waals surface area contributed by atoms with Gasteiger partial charge in [0.25, 0.3) is 0 Å². The van der Waals surface area contributed by atoms with Crippen LogP contribution < -0.4 is 5.30 Å². The van der Waals surface area contributed by atoms with E-state index in [4.69, 9.17) is 18.5 Å². The number of unbranched alkanes of at least 4 members (excludes halogenated alkanes) is 10. The number of benzene rings is 1. The first-order chi connectivity index (χ1) is 19.1. The van der Waals surface area contributed by atoms with Gasteiger partial charge in [0, 0.05) is 11.1 Å². The molecule has 0 aliphatic rings. The SMILES string of the molecule is C=C(C)C(=O)OCCCCCCCCOP(=O)(OCCCCCCCCOC(=O)C(=C)C)c1cccc(C)c1C. The number of esters is 2. The zero-order valence-electron chi connectivity index (χ0n) is 25.3. The molecule has 8 heteroatoms. The second kappa shape index (κ2) is 20.6. The maximum Gasteiger partial charge on any atom is 0.361 e. The van der Waals surface area contributed by atoms with Gasteiger partial charge in [-0.25, -0.2) is 9.59 Å². The molecule has 226 valence electrons. The molecule has 0 radical (unpaired) electrons. The molecular formula is C32H51O7P. The van der Waals surface area contributed by atoms with Gasteiger partial charge >= 0.3 is 19.5 Å². The highest BCUT2D eigenvalue weighted by atomic mass is 31.2. The summed E-state index contributed by atoms with van der Waals surface area (Å²) in [4.78, 5) is 22.8. The lowest BCUT2D eigenvalue weighted by Crippen LogP contribution is -2.15. The van der Waals surface area contributed by atoms with E-state index in [0.29, 0.717) is 42.9 Å². The molecule has 0 aliphatic heterocycles. The average molecular weight is 579 g/mol. The lowest BCUT2D eigenvalue weighted by molar-refractivity contribution is -0.139. The highest BCUT2D eigenvalue weighted by molar-refractivity contribution is 7.62. The van der Waals surface area contributed by atoms with Crippen molar-refractivity contribution in [2.45, 2.75) is 105 Å². The molecule has 0 atom stereocenters. The smallest absolute Gasteiger partial charge is 0.361 e. The fourth-order valence-electron chi connectivity index (χ4n) is 3.98. The van der Waals surface area contributed by atoms with Crippen LogP contribution in [0.1, 0.15) is 102 Å². The Bertz CT molecular complexity index is 935. The topological polar surface area (TPSA) is 88.1 Å². The number of aryl methyl sites for hydroxylation is 1. The van der Waals surface area contributed by atoms with Crippen molar-refractivity contribution in [3.8, 4) is 0 Å². The predicted octanol–water partition coefficient (Wildman–Crippen LogP) is 8.07. The zero-order valence-corrected chi connectivity index (χ0v) is 26.2. The van der Waals surface area contributed by atoms with E-state index in [1.165, 1.54) is 0 Å². The lowest BCUT2D eigenvalue weighted by Gasteiger charge is -2.21. The van der Waals surface area contributed by atoms with Gasteiger partial charge in [-0.15, -0.1) is 0 Å². The Labute approximate surface area is 242 Å². The van der Waals surface area contributed by atoms with Crippen LogP contribution in [0.4, 0.5) is 0 Å². The molecule has 0 spiro atoms. The van der Waals surface area contributed by atoms with Gasteiger partial charge in [-0.2, -0.15) is 0 Å². The predicted molar refractivity (Wildman–Crippen MR) is 162 cm³/mol. The third kappa shape index (κ3) is 15.0. The van der Waals surface area contributed by atoms with Crippen LogP contribution in [0.5, 0.6) is 0 Å². The van der Waals surface area contributed by atoms with E-state index in [0.717, 1.165) is 88.2 Å². The van der Waals surface area contributed by atoms with Gasteiger partial charge < -0.3 is 18.5 Å². The molecule has 0 aromatic heterocycles. The number of hydrogen-bond acceptors (Lipinski definition) is 7. The van der Waals surface area contributed by atoms with Gasteiger partial charge in [0.1, 0.15) is 0 Å². The van der Waals surface area contributed by atoms with Crippen LogP contribution in [-0.4, -0.2) is 38.4 Å². The first kappa shape index (κ1) is 35.8. The van der Waals surface area contributed by atoms with Gasteiger partial charge in [-0.05, 0) is 70.6 Å². The molecule has 0 saturated carbocycles. The van der Waals surface area contributed by atoms with E-state index in [1.54, 1.807) is 13.8 Å². The lowest BCUT2D eigenvalue weighted by atomic mass is 10.1. The number of carbonyl (C=O) groups is 2. The Hall–Kier alpha value is -2.21. The van der Waals surface area contributed by atoms with E-state index in [9.17, 15) is 14.2 Å². The molecule has 0 saturated heterocycles. The van der Waals surface area contributed by atoms with Crippen molar-refractivity contribution in [3.05, 3.63) is 53.6 Å². The molecule has 0 N–H and O–H groups in total. The highest BCUT2D eigenvalue weighted by Gasteiger charge is 2.29. The average Bonchev–Trinajstić information content (AvgIpc) is 2.91. The highest BCUT2D eigenvalue weighted by Crippen LogP contribution is 2.48. The summed E-state index contributed by atoms with van der Waals surface area (Å²) in [5.41, 5.74) is 2.86. The quantitative estimate of drug-likeness (QED) is 0.0561. The van der Waals surface area contributed by atoms with Crippen LogP contribution in [0, 0.1) is 13.8 Å². The number of ether oxygens (including phenoxy) is 2. The molecule has 1 rings (SSSR count). The Morgan fingerprint density at radius 1 is 0.650 bits per heavy atom. The van der Waals surface area contributed by atoms with Crippen molar-refractivity contribution in [2.75, 3.05) is 26.4 Å². The van der Waals surface area contributed by atoms with E-state index in [1.807, 2.05) is 32.0 Å². The fourth-order valence-corrected chi connectivity index (χ4v) is 5.92. The van der Waals surface area contributed by atoms with Crippen LogP contribution in [0.25, 0.3) is 0 Å². The molecule has 0 fully saturated rings. The summed E-state index contributed by atoms with van der Waals surface area (Å²) < 4.78 is 36.0. The standard InChI is InChI=1S/C32H51O7P/c1-26(2)31(33)36-22-15-11-7-9-13-17-24-38-40(35,30-21-19-20-28(5)29(30)6)39-25-18-14-10-8-12-16-23-37-32(34)27(3)4/h19-21H,1,3,7-18,22-25H2,2,4-6H3. The minimum absolute atomic E-state index is 0.330. The number of hydrogen-bond donors (Lipinski definition) is 0. The van der Waals surface area contributed by atoms with Crippen LogP contribution in [0.2, 0.25) is 0 Å². The second-order valence-electron chi connectivity index (χ2n) is 10.5. The van der Waals surface area contributed by atoms with Gasteiger partial charge in [0.2, 0.25) is 0 Å². The maximum atomic E-state index is 13.9. The van der Waals surface area contributed by atoms with Crippen molar-refractivity contribution < 1.29 is 32.7 Å². The molecule has 0 bridgehead atoms. The third-order valence-corrected chi connectivity index (χ3v) is 8.75. The summed E-state index contributed by atoms with van der Waals surface area (Å²) in [6.45, 7) is 16.0. The van der Waals surface area contributed by atoms with E-state index in [2.05, 4.69) is 13.2 Å². The molecule has 0 heterocycles. The fraction of sp³-hybridized carbons (Fsp3) is 0.625. The molecule has 40 heavy (non-hydrogen) atoms. The largest absolute Gasteiger partial charge is 0.462 e. The summed E-state index contributed by atoms with van der Waals surface area (Å²) in [5, 5.41) is 0.654. The van der Waals surface area contributed by atoms with Crippen molar-refractivity contribution in [2.24, 2.45) is 0 Å². The molecule has 0 amide bonds. The summed E-state index contributed by atoms with van der Waals surface area (Å²) in [7, 11) is -3.42. The summed E-state index contributed by atoms with van der Waals surface area (Å²) in [6, 6.07) is 5.75. The molecule has 1 aromatic carbocycles. The third-order valence-electron chi connectivity index (χ3n) is 6.63. The summed E-state index contributed by atoms with van der Waals surface area (Å²) in [5.74, 6) is -0.660. The minimum Gasteiger partial charge on any atom is -0.462 e. The van der Waals surface area contributed by atoms with Crippen molar-refractivity contribution in [1.82, 2.24) is 0 Å². The van der Waals surface area contributed by atoms with E-state index < -0.39 is 7.60 Å². The van der Waals surface area contributed by atoms with E-state index in [-0.39, 0.29) is 11.9 Å². The number of rotatable bonds is 23. The van der Waals surface area contributed by atoms with Crippen molar-refractivity contribution in [3.63, 3.8) is 0 Å². The van der Waals surface area contributed by atoms with Gasteiger partial charge in [-0.3, -0.25) is 4.57 Å². The van der Waals surface area contributed by atoms with Gasteiger partial charge in [-0.1, -0.05) is 76.7 Å². The summed E-state index contributed by atoms with van der Waals surface area (Å²) >= 11 is 0. The van der Waals surface area contributed by atoms with Gasteiger partial charge in [0.05, 0.1) is 31.7 Å². The monoisotopic (exact) mass is 578 g/mol. The normalized spacial score (nSPS) is 11.3.